The van der Waals surface area contributed by atoms with Crippen molar-refractivity contribution < 1.29 is 23.4 Å². The van der Waals surface area contributed by atoms with E-state index in [1.54, 1.807) is 12.1 Å². The Morgan fingerprint density at radius 2 is 2.06 bits per heavy atom. The fourth-order valence-electron chi connectivity index (χ4n) is 0.996. The number of carboxylic acid groups (broad SMARTS) is 1. The van der Waals surface area contributed by atoms with Gasteiger partial charge in [-0.15, -0.1) is 0 Å². The number of phenols is 1. The van der Waals surface area contributed by atoms with Crippen LogP contribution in [-0.2, 0) is 16.8 Å². The molecule has 0 saturated heterocycles. The third-order valence-corrected chi connectivity index (χ3v) is 2.57. The predicted octanol–water partition coefficient (Wildman–Crippen LogP) is -0.00580. The molecule has 0 radical (unpaired) electrons. The zero-order valence-corrected chi connectivity index (χ0v) is 8.86. The van der Waals surface area contributed by atoms with Crippen LogP contribution in [0.1, 0.15) is 5.56 Å². The average molecular weight is 246 g/mol. The van der Waals surface area contributed by atoms with Gasteiger partial charge in [-0.1, -0.05) is 12.1 Å². The Kier molecular flexibility index (Phi) is 3.69. The van der Waals surface area contributed by atoms with E-state index < -0.39 is 16.3 Å². The van der Waals surface area contributed by atoms with Gasteiger partial charge in [0.05, 0.1) is 0 Å². The highest BCUT2D eigenvalue weighted by molar-refractivity contribution is 7.88. The summed E-state index contributed by atoms with van der Waals surface area (Å²) in [6, 6.07) is 5.93. The molecular weight excluding hydrogens is 236 g/mol. The number of amides is 1. The number of aromatic hydroxyl groups is 1. The molecule has 16 heavy (non-hydrogen) atoms. The molecule has 0 atom stereocenters. The van der Waals surface area contributed by atoms with E-state index in [4.69, 9.17) is 10.2 Å². The second-order valence-electron chi connectivity index (χ2n) is 2.90. The molecule has 0 spiro atoms. The van der Waals surface area contributed by atoms with Gasteiger partial charge in [-0.3, -0.25) is 0 Å². The van der Waals surface area contributed by atoms with Crippen molar-refractivity contribution in [3.8, 4) is 5.75 Å². The summed E-state index contributed by atoms with van der Waals surface area (Å²) in [6.45, 7) is -0.114. The highest BCUT2D eigenvalue weighted by Crippen LogP contribution is 2.10. The van der Waals surface area contributed by atoms with Gasteiger partial charge in [0.1, 0.15) is 5.75 Å². The first kappa shape index (κ1) is 12.3. The Morgan fingerprint density at radius 1 is 1.38 bits per heavy atom. The molecule has 1 rings (SSSR count). The maximum atomic E-state index is 11.0. The summed E-state index contributed by atoms with van der Waals surface area (Å²) in [7, 11) is -4.07. The van der Waals surface area contributed by atoms with Crippen molar-refractivity contribution in [2.75, 3.05) is 0 Å². The van der Waals surface area contributed by atoms with E-state index in [0.717, 1.165) is 0 Å². The summed E-state index contributed by atoms with van der Waals surface area (Å²) >= 11 is 0. The number of carbonyl (C=O) groups is 1. The van der Waals surface area contributed by atoms with Gasteiger partial charge in [-0.05, 0) is 17.7 Å². The van der Waals surface area contributed by atoms with Crippen molar-refractivity contribution in [2.45, 2.75) is 6.54 Å². The number of phenolic OH excluding ortho intramolecular Hbond substituents is 1. The fraction of sp³-hybridized carbons (Fsp3) is 0.125. The van der Waals surface area contributed by atoms with Gasteiger partial charge in [0, 0.05) is 6.54 Å². The minimum atomic E-state index is -4.07. The molecule has 8 heteroatoms. The number of hydrogen-bond acceptors (Lipinski definition) is 4. The maximum Gasteiger partial charge on any atom is 0.419 e. The Hall–Kier alpha value is -1.80. The number of nitrogens with one attached hydrogen (secondary N) is 2. The van der Waals surface area contributed by atoms with Crippen molar-refractivity contribution in [2.24, 2.45) is 0 Å². The van der Waals surface area contributed by atoms with E-state index in [-0.39, 0.29) is 12.3 Å². The first-order valence-electron chi connectivity index (χ1n) is 4.17. The molecule has 0 aromatic heterocycles. The molecular formula is C8H10N2O5S. The van der Waals surface area contributed by atoms with Gasteiger partial charge >= 0.3 is 16.3 Å². The van der Waals surface area contributed by atoms with Crippen molar-refractivity contribution in [3.05, 3.63) is 29.8 Å². The van der Waals surface area contributed by atoms with Gasteiger partial charge in [-0.2, -0.15) is 13.1 Å². The Balaban J connectivity index is 2.61. The lowest BCUT2D eigenvalue weighted by Gasteiger charge is -2.05. The average Bonchev–Trinajstić information content (AvgIpc) is 2.13. The second-order valence-corrected chi connectivity index (χ2v) is 4.40. The summed E-state index contributed by atoms with van der Waals surface area (Å²) in [6.07, 6.45) is -1.66. The first-order chi connectivity index (χ1) is 7.39. The fourth-order valence-corrected chi connectivity index (χ4v) is 1.65. The van der Waals surface area contributed by atoms with Gasteiger partial charge in [0.15, 0.2) is 0 Å². The van der Waals surface area contributed by atoms with Crippen LogP contribution in [0.25, 0.3) is 0 Å². The molecule has 0 aliphatic rings. The Morgan fingerprint density at radius 3 is 2.62 bits per heavy atom. The molecule has 0 fully saturated rings. The zero-order chi connectivity index (χ0) is 12.2. The smallest absolute Gasteiger partial charge is 0.419 e. The molecule has 0 heterocycles. The number of benzene rings is 1. The van der Waals surface area contributed by atoms with Crippen LogP contribution in [0.15, 0.2) is 24.3 Å². The molecule has 0 aliphatic heterocycles. The minimum absolute atomic E-state index is 0.00268. The monoisotopic (exact) mass is 246 g/mol. The largest absolute Gasteiger partial charge is 0.508 e. The van der Waals surface area contributed by atoms with E-state index in [0.29, 0.717) is 5.56 Å². The molecule has 0 unspecified atom stereocenters. The highest BCUT2D eigenvalue weighted by atomic mass is 32.2. The predicted molar refractivity (Wildman–Crippen MR) is 55.0 cm³/mol. The molecule has 0 saturated carbocycles. The highest BCUT2D eigenvalue weighted by Gasteiger charge is 2.12. The molecule has 1 aromatic rings. The van der Waals surface area contributed by atoms with Crippen LogP contribution in [0.5, 0.6) is 5.75 Å². The van der Waals surface area contributed by atoms with Gasteiger partial charge in [0.25, 0.3) is 0 Å². The van der Waals surface area contributed by atoms with Gasteiger partial charge < -0.3 is 10.2 Å². The van der Waals surface area contributed by atoms with E-state index in [2.05, 4.69) is 0 Å². The summed E-state index contributed by atoms with van der Waals surface area (Å²) < 4.78 is 25.4. The molecule has 1 aromatic carbocycles. The summed E-state index contributed by atoms with van der Waals surface area (Å²) in [5, 5.41) is 17.3. The standard InChI is InChI=1S/C8H10N2O5S/c11-7-3-1-2-6(4-7)5-9-16(14,15)10-8(12)13/h1-4,9-11H,5H2,(H,12,13). The third kappa shape index (κ3) is 4.15. The SMILES string of the molecule is O=C(O)NS(=O)(=O)NCc1cccc(O)c1. The van der Waals surface area contributed by atoms with E-state index in [9.17, 15) is 13.2 Å². The third-order valence-electron chi connectivity index (χ3n) is 1.60. The van der Waals surface area contributed by atoms with Crippen molar-refractivity contribution in [3.63, 3.8) is 0 Å². The Bertz CT molecular complexity index is 485. The molecule has 7 nitrogen and oxygen atoms in total. The topological polar surface area (TPSA) is 116 Å². The van der Waals surface area contributed by atoms with E-state index in [1.165, 1.54) is 16.9 Å². The molecule has 0 bridgehead atoms. The van der Waals surface area contributed by atoms with E-state index >= 15 is 0 Å². The lowest BCUT2D eigenvalue weighted by molar-refractivity contribution is 0.201. The van der Waals surface area contributed by atoms with Crippen LogP contribution >= 0.6 is 0 Å². The zero-order valence-electron chi connectivity index (χ0n) is 8.04. The molecule has 4 N–H and O–H groups in total. The molecule has 1 amide bonds. The Labute approximate surface area is 91.9 Å². The lowest BCUT2D eigenvalue weighted by Crippen LogP contribution is -2.39. The van der Waals surface area contributed by atoms with Crippen molar-refractivity contribution >= 4 is 16.3 Å². The quantitative estimate of drug-likeness (QED) is 0.596. The summed E-state index contributed by atoms with van der Waals surface area (Å²) in [5.74, 6) is 0.00268. The second kappa shape index (κ2) is 4.81. The number of rotatable bonds is 4. The van der Waals surface area contributed by atoms with E-state index in [1.807, 2.05) is 4.72 Å². The molecule has 0 aliphatic carbocycles. The van der Waals surface area contributed by atoms with Crippen LogP contribution in [0, 0.1) is 0 Å². The van der Waals surface area contributed by atoms with Crippen LogP contribution in [0.2, 0.25) is 0 Å². The van der Waals surface area contributed by atoms with Crippen LogP contribution < -0.4 is 9.44 Å². The first-order valence-corrected chi connectivity index (χ1v) is 5.65. The maximum absolute atomic E-state index is 11.0. The normalized spacial score (nSPS) is 11.0. The number of hydrogen-bond donors (Lipinski definition) is 4. The lowest BCUT2D eigenvalue weighted by atomic mass is 10.2. The van der Waals surface area contributed by atoms with Gasteiger partial charge in [-0.25, -0.2) is 9.52 Å². The van der Waals surface area contributed by atoms with Crippen LogP contribution in [0.3, 0.4) is 0 Å². The summed E-state index contributed by atoms with van der Waals surface area (Å²) in [4.78, 5) is 10.1. The molecule has 88 valence electrons. The summed E-state index contributed by atoms with van der Waals surface area (Å²) in [5.41, 5.74) is 0.510. The van der Waals surface area contributed by atoms with Gasteiger partial charge in [0.2, 0.25) is 0 Å². The van der Waals surface area contributed by atoms with Crippen molar-refractivity contribution in [1.82, 2.24) is 9.44 Å². The van der Waals surface area contributed by atoms with Crippen LogP contribution in [-0.4, -0.2) is 24.7 Å². The minimum Gasteiger partial charge on any atom is -0.508 e. The van der Waals surface area contributed by atoms with Crippen molar-refractivity contribution in [1.29, 1.82) is 0 Å². The van der Waals surface area contributed by atoms with Crippen LogP contribution in [0.4, 0.5) is 4.79 Å².